The SMILES string of the molecule is Cc1cccc(N2CCN(CCCNc3cc(C)c4ccccc4n3)CC2)c1C. The van der Waals surface area contributed by atoms with Crippen molar-refractivity contribution in [1.29, 1.82) is 0 Å². The number of piperazine rings is 1. The maximum atomic E-state index is 4.75. The molecule has 1 fully saturated rings. The summed E-state index contributed by atoms with van der Waals surface area (Å²) in [5, 5.41) is 4.75. The highest BCUT2D eigenvalue weighted by molar-refractivity contribution is 5.83. The van der Waals surface area contributed by atoms with Crippen LogP contribution in [0.2, 0.25) is 0 Å². The summed E-state index contributed by atoms with van der Waals surface area (Å²) in [7, 11) is 0. The van der Waals surface area contributed by atoms with E-state index in [-0.39, 0.29) is 0 Å². The van der Waals surface area contributed by atoms with Crippen LogP contribution in [0.25, 0.3) is 10.9 Å². The van der Waals surface area contributed by atoms with Gasteiger partial charge in [0, 0.05) is 43.8 Å². The lowest BCUT2D eigenvalue weighted by molar-refractivity contribution is 0.257. The van der Waals surface area contributed by atoms with Gasteiger partial charge in [0.05, 0.1) is 5.52 Å². The molecule has 1 aliphatic heterocycles. The van der Waals surface area contributed by atoms with E-state index >= 15 is 0 Å². The number of para-hydroxylation sites is 1. The molecule has 3 aromatic rings. The van der Waals surface area contributed by atoms with E-state index in [4.69, 9.17) is 4.98 Å². The average Bonchev–Trinajstić information content (AvgIpc) is 2.74. The third-order valence-electron chi connectivity index (χ3n) is 6.17. The number of anilines is 2. The zero-order valence-electron chi connectivity index (χ0n) is 17.9. The fourth-order valence-corrected chi connectivity index (χ4v) is 4.25. The summed E-state index contributed by atoms with van der Waals surface area (Å²) in [5.74, 6) is 0.987. The number of hydrogen-bond donors (Lipinski definition) is 1. The van der Waals surface area contributed by atoms with E-state index in [9.17, 15) is 0 Å². The van der Waals surface area contributed by atoms with Crippen molar-refractivity contribution in [3.05, 3.63) is 65.2 Å². The Bertz CT molecular complexity index is 974. The van der Waals surface area contributed by atoms with Gasteiger partial charge in [0.2, 0.25) is 0 Å². The lowest BCUT2D eigenvalue weighted by Crippen LogP contribution is -2.47. The molecule has 0 amide bonds. The van der Waals surface area contributed by atoms with Gasteiger partial charge in [0.15, 0.2) is 0 Å². The molecule has 1 aromatic heterocycles. The van der Waals surface area contributed by atoms with Crippen LogP contribution in [-0.4, -0.2) is 49.2 Å². The quantitative estimate of drug-likeness (QED) is 0.616. The number of benzene rings is 2. The van der Waals surface area contributed by atoms with E-state index in [2.05, 4.69) is 84.4 Å². The van der Waals surface area contributed by atoms with Crippen molar-refractivity contribution in [3.63, 3.8) is 0 Å². The number of fused-ring (bicyclic) bond motifs is 1. The topological polar surface area (TPSA) is 31.4 Å². The molecule has 0 bridgehead atoms. The molecule has 1 aliphatic rings. The van der Waals surface area contributed by atoms with E-state index in [1.165, 1.54) is 27.8 Å². The molecule has 0 radical (unpaired) electrons. The van der Waals surface area contributed by atoms with Gasteiger partial charge in [0.25, 0.3) is 0 Å². The first-order chi connectivity index (χ1) is 14.1. The Hall–Kier alpha value is -2.59. The minimum absolute atomic E-state index is 0.960. The number of hydrogen-bond acceptors (Lipinski definition) is 4. The molecule has 2 heterocycles. The van der Waals surface area contributed by atoms with Crippen molar-refractivity contribution in [2.24, 2.45) is 0 Å². The lowest BCUT2D eigenvalue weighted by atomic mass is 10.1. The molecule has 2 aromatic carbocycles. The number of nitrogens with one attached hydrogen (secondary N) is 1. The summed E-state index contributed by atoms with van der Waals surface area (Å²) >= 11 is 0. The van der Waals surface area contributed by atoms with Crippen LogP contribution in [-0.2, 0) is 0 Å². The van der Waals surface area contributed by atoms with Crippen LogP contribution in [0.15, 0.2) is 48.5 Å². The van der Waals surface area contributed by atoms with Gasteiger partial charge >= 0.3 is 0 Å². The molecular weight excluding hydrogens is 356 g/mol. The molecule has 0 unspecified atom stereocenters. The largest absolute Gasteiger partial charge is 0.370 e. The van der Waals surface area contributed by atoms with Crippen molar-refractivity contribution in [2.45, 2.75) is 27.2 Å². The molecule has 4 rings (SSSR count). The van der Waals surface area contributed by atoms with Crippen molar-refractivity contribution < 1.29 is 0 Å². The molecule has 0 saturated carbocycles. The highest BCUT2D eigenvalue weighted by atomic mass is 15.3. The minimum Gasteiger partial charge on any atom is -0.370 e. The molecule has 1 N–H and O–H groups in total. The van der Waals surface area contributed by atoms with Crippen molar-refractivity contribution in [3.8, 4) is 0 Å². The Labute approximate surface area is 174 Å². The van der Waals surface area contributed by atoms with Crippen LogP contribution in [0, 0.1) is 20.8 Å². The molecule has 4 heteroatoms. The number of nitrogens with zero attached hydrogens (tertiary/aromatic N) is 3. The first-order valence-electron chi connectivity index (χ1n) is 10.8. The molecule has 0 atom stereocenters. The highest BCUT2D eigenvalue weighted by Crippen LogP contribution is 2.24. The molecule has 0 aliphatic carbocycles. The first-order valence-corrected chi connectivity index (χ1v) is 10.8. The van der Waals surface area contributed by atoms with Crippen LogP contribution >= 0.6 is 0 Å². The second-order valence-corrected chi connectivity index (χ2v) is 8.17. The second kappa shape index (κ2) is 8.83. The van der Waals surface area contributed by atoms with Crippen LogP contribution in [0.1, 0.15) is 23.1 Å². The van der Waals surface area contributed by atoms with Crippen molar-refractivity contribution in [2.75, 3.05) is 49.5 Å². The summed E-state index contributed by atoms with van der Waals surface area (Å²) < 4.78 is 0. The summed E-state index contributed by atoms with van der Waals surface area (Å²) in [5.41, 5.74) is 6.55. The predicted octanol–water partition coefficient (Wildman–Crippen LogP) is 4.78. The van der Waals surface area contributed by atoms with Gasteiger partial charge in [-0.15, -0.1) is 0 Å². The number of aromatic nitrogens is 1. The maximum Gasteiger partial charge on any atom is 0.126 e. The average molecular weight is 389 g/mol. The minimum atomic E-state index is 0.960. The fourth-order valence-electron chi connectivity index (χ4n) is 4.25. The Morgan fingerprint density at radius 3 is 2.52 bits per heavy atom. The van der Waals surface area contributed by atoms with Crippen molar-refractivity contribution >= 4 is 22.4 Å². The third kappa shape index (κ3) is 4.54. The smallest absolute Gasteiger partial charge is 0.126 e. The van der Waals surface area contributed by atoms with Gasteiger partial charge in [-0.05, 0) is 68.6 Å². The van der Waals surface area contributed by atoms with E-state index in [0.29, 0.717) is 0 Å². The van der Waals surface area contributed by atoms with E-state index < -0.39 is 0 Å². The van der Waals surface area contributed by atoms with Crippen LogP contribution in [0.5, 0.6) is 0 Å². The van der Waals surface area contributed by atoms with Crippen LogP contribution in [0.4, 0.5) is 11.5 Å². The zero-order valence-corrected chi connectivity index (χ0v) is 17.9. The molecule has 4 nitrogen and oxygen atoms in total. The summed E-state index contributed by atoms with van der Waals surface area (Å²) in [6, 6.07) is 17.2. The monoisotopic (exact) mass is 388 g/mol. The highest BCUT2D eigenvalue weighted by Gasteiger charge is 2.18. The van der Waals surface area contributed by atoms with Crippen LogP contribution < -0.4 is 10.2 Å². The molecule has 29 heavy (non-hydrogen) atoms. The Morgan fingerprint density at radius 1 is 0.897 bits per heavy atom. The number of rotatable bonds is 6. The lowest BCUT2D eigenvalue weighted by Gasteiger charge is -2.37. The molecule has 1 saturated heterocycles. The van der Waals surface area contributed by atoms with Gasteiger partial charge in [-0.3, -0.25) is 4.90 Å². The standard InChI is InChI=1S/C25H32N4/c1-19-8-6-11-24(21(19)3)29-16-14-28(15-17-29)13-7-12-26-25-18-20(2)22-9-4-5-10-23(22)27-25/h4-6,8-11,18H,7,12-17H2,1-3H3,(H,26,27). The van der Waals surface area contributed by atoms with Gasteiger partial charge in [-0.2, -0.15) is 0 Å². The van der Waals surface area contributed by atoms with E-state index in [0.717, 1.165) is 57.0 Å². The number of pyridine rings is 1. The van der Waals surface area contributed by atoms with Crippen molar-refractivity contribution in [1.82, 2.24) is 9.88 Å². The summed E-state index contributed by atoms with van der Waals surface area (Å²) in [6.07, 6.45) is 1.14. The summed E-state index contributed by atoms with van der Waals surface area (Å²) in [6.45, 7) is 13.2. The molecule has 152 valence electrons. The Balaban J connectivity index is 1.24. The second-order valence-electron chi connectivity index (χ2n) is 8.17. The first kappa shape index (κ1) is 19.7. The third-order valence-corrected chi connectivity index (χ3v) is 6.17. The summed E-state index contributed by atoms with van der Waals surface area (Å²) in [4.78, 5) is 9.87. The molecular formula is C25H32N4. The normalized spacial score (nSPS) is 15.1. The van der Waals surface area contributed by atoms with Gasteiger partial charge < -0.3 is 10.2 Å². The number of aryl methyl sites for hydroxylation is 2. The van der Waals surface area contributed by atoms with Gasteiger partial charge in [-0.1, -0.05) is 30.3 Å². The maximum absolute atomic E-state index is 4.75. The predicted molar refractivity (Wildman–Crippen MR) is 124 cm³/mol. The Kier molecular flexibility index (Phi) is 6.00. The van der Waals surface area contributed by atoms with Gasteiger partial charge in [0.1, 0.15) is 5.82 Å². The van der Waals surface area contributed by atoms with Gasteiger partial charge in [-0.25, -0.2) is 4.98 Å². The Morgan fingerprint density at radius 2 is 1.69 bits per heavy atom. The van der Waals surface area contributed by atoms with E-state index in [1.54, 1.807) is 0 Å². The zero-order chi connectivity index (χ0) is 20.2. The fraction of sp³-hybridized carbons (Fsp3) is 0.400. The molecule has 0 spiro atoms. The van der Waals surface area contributed by atoms with Crippen LogP contribution in [0.3, 0.4) is 0 Å². The van der Waals surface area contributed by atoms with E-state index in [1.807, 2.05) is 0 Å².